The molecular formula is C19H17N3O3S. The fourth-order valence-electron chi connectivity index (χ4n) is 3.28. The number of fused-ring (bicyclic) bond motifs is 1. The van der Waals surface area contributed by atoms with Crippen LogP contribution in [0.15, 0.2) is 60.8 Å². The van der Waals surface area contributed by atoms with E-state index in [0.29, 0.717) is 6.54 Å². The van der Waals surface area contributed by atoms with Crippen molar-refractivity contribution in [3.63, 3.8) is 0 Å². The zero-order valence-corrected chi connectivity index (χ0v) is 14.8. The first-order chi connectivity index (χ1) is 12.6. The lowest BCUT2D eigenvalue weighted by molar-refractivity contribution is -0.384. The van der Waals surface area contributed by atoms with E-state index in [4.69, 9.17) is 0 Å². The minimum absolute atomic E-state index is 0.0553. The summed E-state index contributed by atoms with van der Waals surface area (Å²) in [5.41, 5.74) is 2.02. The van der Waals surface area contributed by atoms with Crippen molar-refractivity contribution in [1.82, 2.24) is 9.47 Å². The van der Waals surface area contributed by atoms with E-state index in [2.05, 4.69) is 0 Å². The molecule has 2 aromatic carbocycles. The van der Waals surface area contributed by atoms with E-state index >= 15 is 0 Å². The van der Waals surface area contributed by atoms with E-state index in [9.17, 15) is 14.9 Å². The Morgan fingerprint density at radius 3 is 2.69 bits per heavy atom. The van der Waals surface area contributed by atoms with E-state index in [1.54, 1.807) is 23.9 Å². The average Bonchev–Trinajstić information content (AvgIpc) is 3.29. The van der Waals surface area contributed by atoms with Gasteiger partial charge in [0.15, 0.2) is 0 Å². The van der Waals surface area contributed by atoms with Crippen LogP contribution in [-0.2, 0) is 11.3 Å². The van der Waals surface area contributed by atoms with Crippen LogP contribution in [0.3, 0.4) is 0 Å². The van der Waals surface area contributed by atoms with Gasteiger partial charge in [0.1, 0.15) is 11.9 Å². The summed E-state index contributed by atoms with van der Waals surface area (Å²) < 4.78 is 1.97. The van der Waals surface area contributed by atoms with Gasteiger partial charge in [0, 0.05) is 36.1 Å². The predicted octanol–water partition coefficient (Wildman–Crippen LogP) is 3.82. The molecule has 1 aliphatic heterocycles. The third-order valence-corrected chi connectivity index (χ3v) is 5.85. The second kappa shape index (κ2) is 6.84. The summed E-state index contributed by atoms with van der Waals surface area (Å²) in [6.45, 7) is 0.974. The molecular weight excluding hydrogens is 350 g/mol. The Morgan fingerprint density at radius 2 is 1.92 bits per heavy atom. The van der Waals surface area contributed by atoms with Crippen molar-refractivity contribution in [3.8, 4) is 0 Å². The average molecular weight is 367 g/mol. The molecule has 0 N–H and O–H groups in total. The zero-order chi connectivity index (χ0) is 18.1. The maximum absolute atomic E-state index is 12.9. The van der Waals surface area contributed by atoms with Gasteiger partial charge in [-0.3, -0.25) is 14.9 Å². The lowest BCUT2D eigenvalue weighted by Crippen LogP contribution is -2.33. The van der Waals surface area contributed by atoms with Crippen molar-refractivity contribution in [2.24, 2.45) is 0 Å². The van der Waals surface area contributed by atoms with Gasteiger partial charge in [-0.25, -0.2) is 0 Å². The van der Waals surface area contributed by atoms with Crippen LogP contribution in [-0.4, -0.2) is 32.6 Å². The first kappa shape index (κ1) is 16.7. The number of non-ortho nitro benzene ring substituents is 1. The molecule has 4 rings (SSSR count). The topological polar surface area (TPSA) is 68.4 Å². The Bertz CT molecular complexity index is 968. The molecule has 0 aliphatic carbocycles. The van der Waals surface area contributed by atoms with Crippen LogP contribution in [0, 0.1) is 10.1 Å². The van der Waals surface area contributed by atoms with Gasteiger partial charge in [0.25, 0.3) is 5.69 Å². The lowest BCUT2D eigenvalue weighted by atomic mass is 10.2. The van der Waals surface area contributed by atoms with Crippen LogP contribution in [0.25, 0.3) is 10.9 Å². The molecule has 1 unspecified atom stereocenters. The second-order valence-corrected chi connectivity index (χ2v) is 7.35. The molecule has 1 amide bonds. The highest BCUT2D eigenvalue weighted by Gasteiger charge is 2.31. The number of nitrogens with zero attached hydrogens (tertiary/aromatic N) is 3. The van der Waals surface area contributed by atoms with Crippen molar-refractivity contribution < 1.29 is 9.72 Å². The third-order valence-electron chi connectivity index (χ3n) is 4.59. The van der Waals surface area contributed by atoms with Gasteiger partial charge < -0.3 is 9.47 Å². The Hall–Kier alpha value is -2.80. The summed E-state index contributed by atoms with van der Waals surface area (Å²) in [6, 6.07) is 16.5. The van der Waals surface area contributed by atoms with Crippen LogP contribution in [0.4, 0.5) is 5.69 Å². The number of amides is 1. The first-order valence-electron chi connectivity index (χ1n) is 8.33. The summed E-state index contributed by atoms with van der Waals surface area (Å²) >= 11 is 1.69. The number of thioether (sulfide) groups is 1. The van der Waals surface area contributed by atoms with Gasteiger partial charge in [0.2, 0.25) is 5.91 Å². The van der Waals surface area contributed by atoms with Crippen molar-refractivity contribution in [1.29, 1.82) is 0 Å². The Morgan fingerprint density at radius 1 is 1.15 bits per heavy atom. The standard InChI is InChI=1S/C19H17N3O3S/c23-18(13-20-10-9-14-3-1-2-4-17(14)20)21-11-12-26-19(21)15-5-7-16(8-6-15)22(24)25/h1-10,19H,11-13H2. The Kier molecular flexibility index (Phi) is 4.38. The fourth-order valence-corrected chi connectivity index (χ4v) is 4.56. The molecule has 1 saturated heterocycles. The van der Waals surface area contributed by atoms with E-state index in [-0.39, 0.29) is 23.5 Å². The second-order valence-electron chi connectivity index (χ2n) is 6.16. The smallest absolute Gasteiger partial charge is 0.269 e. The summed E-state index contributed by atoms with van der Waals surface area (Å²) in [5.74, 6) is 0.916. The highest BCUT2D eigenvalue weighted by molar-refractivity contribution is 7.99. The summed E-state index contributed by atoms with van der Waals surface area (Å²) in [4.78, 5) is 25.2. The van der Waals surface area contributed by atoms with Crippen molar-refractivity contribution in [2.75, 3.05) is 12.3 Å². The predicted molar refractivity (Wildman–Crippen MR) is 102 cm³/mol. The molecule has 1 aliphatic rings. The monoisotopic (exact) mass is 367 g/mol. The number of rotatable bonds is 4. The van der Waals surface area contributed by atoms with Gasteiger partial charge in [-0.15, -0.1) is 11.8 Å². The van der Waals surface area contributed by atoms with Crippen LogP contribution < -0.4 is 0 Å². The molecule has 1 aromatic heterocycles. The number of hydrogen-bond acceptors (Lipinski definition) is 4. The number of aromatic nitrogens is 1. The molecule has 26 heavy (non-hydrogen) atoms. The summed E-state index contributed by atoms with van der Waals surface area (Å²) in [6.07, 6.45) is 1.94. The molecule has 0 spiro atoms. The Labute approximate surface area is 154 Å². The zero-order valence-electron chi connectivity index (χ0n) is 13.9. The first-order valence-corrected chi connectivity index (χ1v) is 9.38. The largest absolute Gasteiger partial charge is 0.338 e. The third kappa shape index (κ3) is 3.06. The van der Waals surface area contributed by atoms with Crippen LogP contribution in [0.5, 0.6) is 0 Å². The molecule has 3 aromatic rings. The molecule has 0 saturated carbocycles. The molecule has 1 fully saturated rings. The number of carbonyl (C=O) groups is 1. The van der Waals surface area contributed by atoms with Gasteiger partial charge in [0.05, 0.1) is 4.92 Å². The normalized spacial score (nSPS) is 16.9. The number of hydrogen-bond donors (Lipinski definition) is 0. The molecule has 1 atom stereocenters. The minimum Gasteiger partial charge on any atom is -0.338 e. The number of nitro benzene ring substituents is 1. The van der Waals surface area contributed by atoms with E-state index in [0.717, 1.165) is 22.2 Å². The quantitative estimate of drug-likeness (QED) is 0.519. The van der Waals surface area contributed by atoms with Gasteiger partial charge in [-0.05, 0) is 35.2 Å². The molecule has 2 heterocycles. The van der Waals surface area contributed by atoms with Gasteiger partial charge >= 0.3 is 0 Å². The molecule has 0 bridgehead atoms. The number of para-hydroxylation sites is 1. The van der Waals surface area contributed by atoms with Crippen molar-refractivity contribution in [3.05, 3.63) is 76.5 Å². The Balaban J connectivity index is 1.54. The summed E-state index contributed by atoms with van der Waals surface area (Å²) in [7, 11) is 0. The van der Waals surface area contributed by atoms with Crippen LogP contribution in [0.1, 0.15) is 10.9 Å². The van der Waals surface area contributed by atoms with E-state index in [1.165, 1.54) is 12.1 Å². The molecule has 6 nitrogen and oxygen atoms in total. The number of benzene rings is 2. The van der Waals surface area contributed by atoms with E-state index < -0.39 is 4.92 Å². The highest BCUT2D eigenvalue weighted by Crippen LogP contribution is 2.38. The van der Waals surface area contributed by atoms with Crippen LogP contribution >= 0.6 is 11.8 Å². The van der Waals surface area contributed by atoms with E-state index in [1.807, 2.05) is 46.0 Å². The lowest BCUT2D eigenvalue weighted by Gasteiger charge is -2.24. The SMILES string of the molecule is O=C(Cn1ccc2ccccc21)N1CCSC1c1ccc([N+](=O)[O-])cc1. The molecule has 0 radical (unpaired) electrons. The van der Waals surface area contributed by atoms with Gasteiger partial charge in [-0.1, -0.05) is 18.2 Å². The maximum Gasteiger partial charge on any atom is 0.269 e. The highest BCUT2D eigenvalue weighted by atomic mass is 32.2. The molecule has 7 heteroatoms. The maximum atomic E-state index is 12.9. The summed E-state index contributed by atoms with van der Waals surface area (Å²) in [5, 5.41) is 11.8. The number of carbonyl (C=O) groups excluding carboxylic acids is 1. The van der Waals surface area contributed by atoms with Gasteiger partial charge in [-0.2, -0.15) is 0 Å². The van der Waals surface area contributed by atoms with Crippen molar-refractivity contribution in [2.45, 2.75) is 11.9 Å². The van der Waals surface area contributed by atoms with Crippen molar-refractivity contribution >= 4 is 34.3 Å². The fraction of sp³-hybridized carbons (Fsp3) is 0.211. The molecule has 132 valence electrons. The number of nitro groups is 1. The minimum atomic E-state index is -0.411. The van der Waals surface area contributed by atoms with Crippen LogP contribution in [0.2, 0.25) is 0 Å².